The molecule has 0 fully saturated rings. The molecule has 0 heterocycles. The van der Waals surface area contributed by atoms with E-state index >= 15 is 0 Å². The van der Waals surface area contributed by atoms with Crippen LogP contribution in [0, 0.1) is 0 Å². The van der Waals surface area contributed by atoms with Gasteiger partial charge < -0.3 is 15.7 Å². The summed E-state index contributed by atoms with van der Waals surface area (Å²) in [4.78, 5) is 0. The van der Waals surface area contributed by atoms with Gasteiger partial charge in [0, 0.05) is 5.41 Å². The summed E-state index contributed by atoms with van der Waals surface area (Å²) < 4.78 is 0. The van der Waals surface area contributed by atoms with Gasteiger partial charge in [-0.1, -0.05) is 38.1 Å². The van der Waals surface area contributed by atoms with Crippen LogP contribution in [0.15, 0.2) is 48.5 Å². The Hall–Kier alpha value is -1.000. The fourth-order valence-electron chi connectivity index (χ4n) is 1.92. The van der Waals surface area contributed by atoms with Gasteiger partial charge in [0.05, 0.1) is 0 Å². The summed E-state index contributed by atoms with van der Waals surface area (Å²) >= 11 is 0. The van der Waals surface area contributed by atoms with Crippen LogP contribution in [0.3, 0.4) is 0 Å². The zero-order valence-corrected chi connectivity index (χ0v) is 13.5. The molecule has 0 aromatic heterocycles. The average Bonchev–Trinajstić information content (AvgIpc) is 2.30. The number of hydrogen-bond donors (Lipinski definition) is 2. The SMILES string of the molecule is CC(C)(c1ccc(O)cc1)c1ccc(O)cc1.[Na+].[OH-]. The van der Waals surface area contributed by atoms with Gasteiger partial charge in [0.15, 0.2) is 0 Å². The molecular formula is C15H17NaO3. The Kier molecular flexibility index (Phi) is 6.60. The molecule has 0 aliphatic carbocycles. The van der Waals surface area contributed by atoms with E-state index in [9.17, 15) is 10.2 Å². The largest absolute Gasteiger partial charge is 1.00 e. The van der Waals surface area contributed by atoms with Crippen LogP contribution < -0.4 is 29.6 Å². The van der Waals surface area contributed by atoms with Crippen molar-refractivity contribution in [1.29, 1.82) is 0 Å². The van der Waals surface area contributed by atoms with Gasteiger partial charge in [-0.15, -0.1) is 0 Å². The predicted octanol–water partition coefficient (Wildman–Crippen LogP) is 0.251. The monoisotopic (exact) mass is 268 g/mol. The van der Waals surface area contributed by atoms with Gasteiger partial charge >= 0.3 is 29.6 Å². The molecule has 0 aliphatic rings. The van der Waals surface area contributed by atoms with Gasteiger partial charge in [0.25, 0.3) is 0 Å². The van der Waals surface area contributed by atoms with Crippen LogP contribution in [0.5, 0.6) is 11.5 Å². The molecule has 2 aromatic rings. The quantitative estimate of drug-likeness (QED) is 0.767. The molecule has 0 amide bonds. The summed E-state index contributed by atoms with van der Waals surface area (Å²) in [6, 6.07) is 14.4. The van der Waals surface area contributed by atoms with E-state index < -0.39 is 0 Å². The molecule has 2 rings (SSSR count). The first kappa shape index (κ1) is 18.0. The topological polar surface area (TPSA) is 70.5 Å². The van der Waals surface area contributed by atoms with Crippen LogP contribution in [-0.4, -0.2) is 15.7 Å². The molecule has 0 saturated carbocycles. The van der Waals surface area contributed by atoms with Crippen LogP contribution in [0.2, 0.25) is 0 Å². The third kappa shape index (κ3) is 3.98. The second-order valence-corrected chi connectivity index (χ2v) is 4.72. The van der Waals surface area contributed by atoms with Crippen LogP contribution >= 0.6 is 0 Å². The minimum atomic E-state index is -0.151. The minimum Gasteiger partial charge on any atom is -0.870 e. The minimum absolute atomic E-state index is 0. The number of phenolic OH excluding ortho intramolecular Hbond substituents is 2. The summed E-state index contributed by atoms with van der Waals surface area (Å²) in [7, 11) is 0. The van der Waals surface area contributed by atoms with E-state index in [0.717, 1.165) is 11.1 Å². The molecule has 96 valence electrons. The standard InChI is InChI=1S/C15H16O2.Na.H2O/c1-15(2,11-3-7-13(16)8-4-11)12-5-9-14(17)10-6-12;;/h3-10,16-17H,1-2H3;;1H2/q;+1;/p-1. The van der Waals surface area contributed by atoms with Crippen LogP contribution in [0.25, 0.3) is 0 Å². The van der Waals surface area contributed by atoms with Crippen molar-refractivity contribution in [3.63, 3.8) is 0 Å². The van der Waals surface area contributed by atoms with E-state index in [1.807, 2.05) is 24.3 Å². The maximum atomic E-state index is 9.30. The number of aromatic hydroxyl groups is 2. The second-order valence-electron chi connectivity index (χ2n) is 4.72. The zero-order valence-electron chi connectivity index (χ0n) is 11.5. The van der Waals surface area contributed by atoms with Gasteiger partial charge in [-0.05, 0) is 35.4 Å². The smallest absolute Gasteiger partial charge is 0.870 e. The van der Waals surface area contributed by atoms with Gasteiger partial charge in [-0.3, -0.25) is 0 Å². The number of phenols is 2. The molecule has 0 bridgehead atoms. The first-order chi connectivity index (χ1) is 8.00. The fraction of sp³-hybridized carbons (Fsp3) is 0.200. The number of benzene rings is 2. The summed E-state index contributed by atoms with van der Waals surface area (Å²) in [5, 5.41) is 18.6. The summed E-state index contributed by atoms with van der Waals surface area (Å²) in [6.45, 7) is 4.23. The molecule has 3 N–H and O–H groups in total. The molecular weight excluding hydrogens is 251 g/mol. The molecule has 4 heteroatoms. The Bertz CT molecular complexity index is 456. The van der Waals surface area contributed by atoms with Gasteiger partial charge in [0.2, 0.25) is 0 Å². The molecule has 0 aliphatic heterocycles. The fourth-order valence-corrected chi connectivity index (χ4v) is 1.92. The zero-order chi connectivity index (χ0) is 12.5. The predicted molar refractivity (Wildman–Crippen MR) is 70.3 cm³/mol. The van der Waals surface area contributed by atoms with Crippen molar-refractivity contribution in [3.8, 4) is 11.5 Å². The van der Waals surface area contributed by atoms with Crippen LogP contribution in [0.1, 0.15) is 25.0 Å². The van der Waals surface area contributed by atoms with E-state index in [0.29, 0.717) is 0 Å². The van der Waals surface area contributed by atoms with E-state index in [-0.39, 0.29) is 51.9 Å². The van der Waals surface area contributed by atoms with Crippen molar-refractivity contribution in [3.05, 3.63) is 59.7 Å². The molecule has 0 atom stereocenters. The maximum Gasteiger partial charge on any atom is 1.00 e. The van der Waals surface area contributed by atoms with E-state index in [1.54, 1.807) is 24.3 Å². The first-order valence-electron chi connectivity index (χ1n) is 5.59. The van der Waals surface area contributed by atoms with Crippen molar-refractivity contribution in [1.82, 2.24) is 0 Å². The van der Waals surface area contributed by atoms with Crippen molar-refractivity contribution >= 4 is 0 Å². The Morgan fingerprint density at radius 3 is 1.21 bits per heavy atom. The Labute approximate surface area is 135 Å². The Balaban J connectivity index is 0.00000162. The maximum absolute atomic E-state index is 9.30. The van der Waals surface area contributed by atoms with Crippen molar-refractivity contribution in [2.45, 2.75) is 19.3 Å². The third-order valence-corrected chi connectivity index (χ3v) is 3.18. The number of hydrogen-bond acceptors (Lipinski definition) is 3. The summed E-state index contributed by atoms with van der Waals surface area (Å²) in [5.41, 5.74) is 2.10. The van der Waals surface area contributed by atoms with E-state index in [2.05, 4.69) is 13.8 Å². The summed E-state index contributed by atoms with van der Waals surface area (Å²) in [6.07, 6.45) is 0. The van der Waals surface area contributed by atoms with Gasteiger partial charge in [-0.2, -0.15) is 0 Å². The van der Waals surface area contributed by atoms with E-state index in [4.69, 9.17) is 0 Å². The normalized spacial score (nSPS) is 10.2. The summed E-state index contributed by atoms with van der Waals surface area (Å²) in [5.74, 6) is 0.547. The average molecular weight is 268 g/mol. The molecule has 19 heavy (non-hydrogen) atoms. The van der Waals surface area contributed by atoms with Crippen molar-refractivity contribution in [2.75, 3.05) is 0 Å². The first-order valence-corrected chi connectivity index (χ1v) is 5.59. The Morgan fingerprint density at radius 1 is 0.684 bits per heavy atom. The van der Waals surface area contributed by atoms with Crippen molar-refractivity contribution < 1.29 is 45.2 Å². The molecule has 0 spiro atoms. The second kappa shape index (κ2) is 6.96. The molecule has 0 unspecified atom stereocenters. The van der Waals surface area contributed by atoms with Gasteiger partial charge in [0.1, 0.15) is 11.5 Å². The van der Waals surface area contributed by atoms with Crippen LogP contribution in [-0.2, 0) is 5.41 Å². The number of rotatable bonds is 2. The molecule has 2 aromatic carbocycles. The third-order valence-electron chi connectivity index (χ3n) is 3.18. The van der Waals surface area contributed by atoms with E-state index in [1.165, 1.54) is 0 Å². The van der Waals surface area contributed by atoms with Gasteiger partial charge in [-0.25, -0.2) is 0 Å². The van der Waals surface area contributed by atoms with Crippen molar-refractivity contribution in [2.24, 2.45) is 0 Å². The molecule has 0 radical (unpaired) electrons. The Morgan fingerprint density at radius 2 is 0.947 bits per heavy atom. The molecule has 3 nitrogen and oxygen atoms in total. The van der Waals surface area contributed by atoms with Crippen LogP contribution in [0.4, 0.5) is 0 Å². The molecule has 0 saturated heterocycles.